The number of halogens is 1. The first-order valence-electron chi connectivity index (χ1n) is 7.19. The molecule has 0 N–H and O–H groups in total. The molecule has 0 radical (unpaired) electrons. The number of methoxy groups -OCH3 is 1. The molecule has 7 nitrogen and oxygen atoms in total. The van der Waals surface area contributed by atoms with Gasteiger partial charge in [0.2, 0.25) is 11.8 Å². The molecule has 0 saturated heterocycles. The zero-order valence-electron chi connectivity index (χ0n) is 12.7. The van der Waals surface area contributed by atoms with Crippen LogP contribution in [-0.2, 0) is 16.1 Å². The Morgan fingerprint density at radius 1 is 1.52 bits per heavy atom. The van der Waals surface area contributed by atoms with Crippen LogP contribution in [0.4, 0.5) is 4.39 Å². The number of nitrogens with zero attached hydrogens (tertiary/aromatic N) is 4. The van der Waals surface area contributed by atoms with Gasteiger partial charge in [-0.25, -0.2) is 14.4 Å². The zero-order valence-corrected chi connectivity index (χ0v) is 12.7. The number of amides is 1. The lowest BCUT2D eigenvalue weighted by Crippen LogP contribution is -2.43. The quantitative estimate of drug-likeness (QED) is 0.823. The number of hydrogen-bond acceptors (Lipinski definition) is 5. The first kappa shape index (κ1) is 15.4. The Hall–Kier alpha value is -2.48. The van der Waals surface area contributed by atoms with Crippen LogP contribution in [0, 0.1) is 5.82 Å². The minimum absolute atomic E-state index is 0.0244. The van der Waals surface area contributed by atoms with Crippen LogP contribution in [0.25, 0.3) is 0 Å². The highest BCUT2D eigenvalue weighted by Crippen LogP contribution is 2.22. The summed E-state index contributed by atoms with van der Waals surface area (Å²) in [7, 11) is 1.48. The largest absolute Gasteiger partial charge is 0.473 e. The summed E-state index contributed by atoms with van der Waals surface area (Å²) >= 11 is 0. The molecule has 1 aliphatic rings. The van der Waals surface area contributed by atoms with Crippen molar-refractivity contribution in [3.8, 4) is 5.88 Å². The van der Waals surface area contributed by atoms with E-state index in [1.54, 1.807) is 17.4 Å². The third-order valence-electron chi connectivity index (χ3n) is 3.68. The molecule has 0 spiro atoms. The number of fused-ring (bicyclic) bond motifs is 1. The second-order valence-corrected chi connectivity index (χ2v) is 5.25. The van der Waals surface area contributed by atoms with Crippen LogP contribution < -0.4 is 4.74 Å². The van der Waals surface area contributed by atoms with Gasteiger partial charge in [-0.15, -0.1) is 0 Å². The summed E-state index contributed by atoms with van der Waals surface area (Å²) < 4.78 is 25.9. The molecule has 3 heterocycles. The van der Waals surface area contributed by atoms with Crippen molar-refractivity contribution < 1.29 is 18.7 Å². The smallest absolute Gasteiger partial charge is 0.250 e. The zero-order chi connectivity index (χ0) is 16.2. The van der Waals surface area contributed by atoms with Gasteiger partial charge in [-0.05, 0) is 12.1 Å². The maximum Gasteiger partial charge on any atom is 0.250 e. The highest BCUT2D eigenvalue weighted by molar-refractivity contribution is 5.77. The van der Waals surface area contributed by atoms with Crippen LogP contribution in [0.2, 0.25) is 0 Å². The molecule has 2 aromatic rings. The molecular formula is C15H17FN4O3. The van der Waals surface area contributed by atoms with Crippen LogP contribution in [0.5, 0.6) is 5.88 Å². The molecule has 0 aromatic carbocycles. The SMILES string of the molecule is COCC(=O)N1Cc2cncn2[C@@H](COc2ncccc2F)C1. The summed E-state index contributed by atoms with van der Waals surface area (Å²) in [6, 6.07) is 2.63. The fourth-order valence-electron chi connectivity index (χ4n) is 2.58. The summed E-state index contributed by atoms with van der Waals surface area (Å²) in [5.41, 5.74) is 0.899. The number of ether oxygens (including phenoxy) is 2. The lowest BCUT2D eigenvalue weighted by molar-refractivity contribution is -0.137. The normalized spacial score (nSPS) is 17.0. The van der Waals surface area contributed by atoms with Crippen molar-refractivity contribution in [3.05, 3.63) is 42.4 Å². The Bertz CT molecular complexity index is 691. The highest BCUT2D eigenvalue weighted by Gasteiger charge is 2.28. The van der Waals surface area contributed by atoms with Crippen molar-refractivity contribution in [1.29, 1.82) is 0 Å². The molecule has 8 heteroatoms. The summed E-state index contributed by atoms with van der Waals surface area (Å²) in [6.45, 7) is 1.13. The Balaban J connectivity index is 1.73. The lowest BCUT2D eigenvalue weighted by atomic mass is 10.2. The molecular weight excluding hydrogens is 303 g/mol. The van der Waals surface area contributed by atoms with E-state index in [0.29, 0.717) is 13.1 Å². The van der Waals surface area contributed by atoms with Crippen molar-refractivity contribution >= 4 is 5.91 Å². The number of hydrogen-bond donors (Lipinski definition) is 0. The molecule has 1 amide bonds. The van der Waals surface area contributed by atoms with Gasteiger partial charge < -0.3 is 18.9 Å². The topological polar surface area (TPSA) is 69.5 Å². The minimum Gasteiger partial charge on any atom is -0.473 e. The van der Waals surface area contributed by atoms with Crippen molar-refractivity contribution in [2.24, 2.45) is 0 Å². The molecule has 3 rings (SSSR count). The van der Waals surface area contributed by atoms with Crippen molar-refractivity contribution in [2.45, 2.75) is 12.6 Å². The van der Waals surface area contributed by atoms with E-state index in [-0.39, 0.29) is 31.0 Å². The van der Waals surface area contributed by atoms with E-state index in [2.05, 4.69) is 9.97 Å². The summed E-state index contributed by atoms with van der Waals surface area (Å²) in [5.74, 6) is -0.662. The number of imidazole rings is 1. The van der Waals surface area contributed by atoms with E-state index in [1.807, 2.05) is 4.57 Å². The maximum absolute atomic E-state index is 13.6. The summed E-state index contributed by atoms with van der Waals surface area (Å²) in [6.07, 6.45) is 4.87. The monoisotopic (exact) mass is 320 g/mol. The highest BCUT2D eigenvalue weighted by atomic mass is 19.1. The van der Waals surface area contributed by atoms with Gasteiger partial charge in [0.1, 0.15) is 13.2 Å². The minimum atomic E-state index is -0.513. The Morgan fingerprint density at radius 2 is 2.39 bits per heavy atom. The Kier molecular flexibility index (Phi) is 4.52. The maximum atomic E-state index is 13.6. The van der Waals surface area contributed by atoms with Gasteiger partial charge in [-0.1, -0.05) is 0 Å². The number of carbonyl (C=O) groups excluding carboxylic acids is 1. The second kappa shape index (κ2) is 6.74. The van der Waals surface area contributed by atoms with Crippen molar-refractivity contribution in [2.75, 3.05) is 26.9 Å². The molecule has 0 bridgehead atoms. The van der Waals surface area contributed by atoms with Gasteiger partial charge in [-0.2, -0.15) is 0 Å². The predicted octanol–water partition coefficient (Wildman–Crippen LogP) is 1.03. The third kappa shape index (κ3) is 3.31. The molecule has 23 heavy (non-hydrogen) atoms. The number of rotatable bonds is 5. The van der Waals surface area contributed by atoms with Gasteiger partial charge in [-0.3, -0.25) is 4.79 Å². The van der Waals surface area contributed by atoms with Crippen LogP contribution in [0.3, 0.4) is 0 Å². The molecule has 0 saturated carbocycles. The van der Waals surface area contributed by atoms with Gasteiger partial charge in [0.05, 0.1) is 24.6 Å². The van der Waals surface area contributed by atoms with Crippen LogP contribution in [0.1, 0.15) is 11.7 Å². The molecule has 1 atom stereocenters. The predicted molar refractivity (Wildman–Crippen MR) is 78.2 cm³/mol. The fourth-order valence-corrected chi connectivity index (χ4v) is 2.58. The van der Waals surface area contributed by atoms with Crippen LogP contribution in [0.15, 0.2) is 30.9 Å². The van der Waals surface area contributed by atoms with Gasteiger partial charge in [0, 0.05) is 26.0 Å². The average Bonchev–Trinajstić information content (AvgIpc) is 3.02. The van der Waals surface area contributed by atoms with E-state index in [0.717, 1.165) is 5.69 Å². The second-order valence-electron chi connectivity index (χ2n) is 5.25. The lowest BCUT2D eigenvalue weighted by Gasteiger charge is -2.34. The number of carbonyl (C=O) groups is 1. The van der Waals surface area contributed by atoms with Gasteiger partial charge in [0.15, 0.2) is 5.82 Å². The standard InChI is InChI=1S/C15H17FN4O3/c1-22-9-14(21)19-6-11-5-17-10-20(11)12(7-19)8-23-15-13(16)3-2-4-18-15/h2-5,10,12H,6-9H2,1H3/t12-/m1/s1. The number of pyridine rings is 1. The first-order valence-corrected chi connectivity index (χ1v) is 7.19. The van der Waals surface area contributed by atoms with Crippen LogP contribution >= 0.6 is 0 Å². The van der Waals surface area contributed by atoms with E-state index in [4.69, 9.17) is 9.47 Å². The van der Waals surface area contributed by atoms with E-state index in [1.165, 1.54) is 25.4 Å². The summed E-state index contributed by atoms with van der Waals surface area (Å²) in [5, 5.41) is 0. The summed E-state index contributed by atoms with van der Waals surface area (Å²) in [4.78, 5) is 21.7. The van der Waals surface area contributed by atoms with Crippen LogP contribution in [-0.4, -0.2) is 52.2 Å². The van der Waals surface area contributed by atoms with E-state index >= 15 is 0 Å². The molecule has 0 aliphatic carbocycles. The third-order valence-corrected chi connectivity index (χ3v) is 3.68. The Morgan fingerprint density at radius 3 is 3.17 bits per heavy atom. The average molecular weight is 320 g/mol. The molecule has 0 fully saturated rings. The van der Waals surface area contributed by atoms with Crippen molar-refractivity contribution in [1.82, 2.24) is 19.4 Å². The van der Waals surface area contributed by atoms with Gasteiger partial charge in [0.25, 0.3) is 0 Å². The van der Waals surface area contributed by atoms with E-state index in [9.17, 15) is 9.18 Å². The molecule has 122 valence electrons. The van der Waals surface area contributed by atoms with Gasteiger partial charge >= 0.3 is 0 Å². The van der Waals surface area contributed by atoms with Crippen molar-refractivity contribution in [3.63, 3.8) is 0 Å². The molecule has 0 unspecified atom stereocenters. The molecule has 1 aliphatic heterocycles. The van der Waals surface area contributed by atoms with E-state index < -0.39 is 5.82 Å². The fraction of sp³-hybridized carbons (Fsp3) is 0.400. The first-order chi connectivity index (χ1) is 11.2. The molecule has 2 aromatic heterocycles. The Labute approximate surface area is 132 Å². The number of aromatic nitrogens is 3.